The number of halogens is 5. The standard InChI is InChI=1S/C15H15F5N4O4/c1-27-6-5-24-13(22-12(23-24)14(16,17)15(18,19)20)21-11(26)8-3-4-10(28-2)9(25)7-8/h3-4,7,25H,5-6H2,1-2H3,(H,21,22,23,26). The molecule has 1 aromatic heterocycles. The molecule has 1 aromatic carbocycles. The number of benzene rings is 1. The number of nitrogens with one attached hydrogen (secondary N) is 1. The number of carbonyl (C=O) groups is 1. The number of methoxy groups -OCH3 is 2. The Morgan fingerprint density at radius 2 is 1.93 bits per heavy atom. The molecular weight excluding hydrogens is 395 g/mol. The first-order valence-corrected chi connectivity index (χ1v) is 7.58. The topological polar surface area (TPSA) is 98.5 Å². The van der Waals surface area contributed by atoms with Gasteiger partial charge in [-0.1, -0.05) is 0 Å². The second kappa shape index (κ2) is 7.96. The fourth-order valence-electron chi connectivity index (χ4n) is 2.03. The third kappa shape index (κ3) is 4.30. The Hall–Kier alpha value is -2.96. The van der Waals surface area contributed by atoms with Crippen LogP contribution in [-0.2, 0) is 17.2 Å². The Kier molecular flexibility index (Phi) is 6.07. The van der Waals surface area contributed by atoms with Crippen LogP contribution in [0.5, 0.6) is 11.5 Å². The van der Waals surface area contributed by atoms with Crippen LogP contribution in [0.3, 0.4) is 0 Å². The highest BCUT2D eigenvalue weighted by Gasteiger charge is 2.62. The summed E-state index contributed by atoms with van der Waals surface area (Å²) in [6, 6.07) is 3.54. The number of phenolic OH excluding ortho intramolecular Hbond substituents is 1. The summed E-state index contributed by atoms with van der Waals surface area (Å²) in [6.07, 6.45) is -5.91. The first kappa shape index (κ1) is 21.3. The molecule has 0 fully saturated rings. The Morgan fingerprint density at radius 3 is 2.46 bits per heavy atom. The number of aromatic nitrogens is 3. The summed E-state index contributed by atoms with van der Waals surface area (Å²) >= 11 is 0. The first-order valence-electron chi connectivity index (χ1n) is 7.58. The van der Waals surface area contributed by atoms with Gasteiger partial charge in [-0.05, 0) is 18.2 Å². The van der Waals surface area contributed by atoms with E-state index in [4.69, 9.17) is 9.47 Å². The molecule has 2 N–H and O–H groups in total. The largest absolute Gasteiger partial charge is 0.504 e. The van der Waals surface area contributed by atoms with E-state index in [1.807, 2.05) is 0 Å². The number of phenols is 1. The number of anilines is 1. The number of alkyl halides is 5. The smallest absolute Gasteiger partial charge is 0.461 e. The minimum absolute atomic E-state index is 0.0758. The van der Waals surface area contributed by atoms with Crippen LogP contribution in [-0.4, -0.2) is 52.8 Å². The second-order valence-electron chi connectivity index (χ2n) is 5.39. The molecule has 0 radical (unpaired) electrons. The van der Waals surface area contributed by atoms with E-state index in [0.717, 1.165) is 6.07 Å². The lowest BCUT2D eigenvalue weighted by Gasteiger charge is -2.15. The van der Waals surface area contributed by atoms with Gasteiger partial charge in [0.2, 0.25) is 11.8 Å². The number of rotatable bonds is 7. The van der Waals surface area contributed by atoms with Crippen LogP contribution in [0.25, 0.3) is 0 Å². The summed E-state index contributed by atoms with van der Waals surface area (Å²) in [5, 5.41) is 14.9. The van der Waals surface area contributed by atoms with Crippen molar-refractivity contribution in [2.75, 3.05) is 26.1 Å². The second-order valence-corrected chi connectivity index (χ2v) is 5.39. The van der Waals surface area contributed by atoms with Gasteiger partial charge < -0.3 is 14.6 Å². The van der Waals surface area contributed by atoms with Crippen molar-refractivity contribution in [1.82, 2.24) is 14.8 Å². The molecule has 0 aliphatic carbocycles. The average molecular weight is 410 g/mol. The van der Waals surface area contributed by atoms with Gasteiger partial charge in [-0.25, -0.2) is 4.68 Å². The van der Waals surface area contributed by atoms with E-state index in [-0.39, 0.29) is 30.2 Å². The van der Waals surface area contributed by atoms with Crippen LogP contribution in [0, 0.1) is 0 Å². The molecule has 0 saturated carbocycles. The Bertz CT molecular complexity index is 853. The highest BCUT2D eigenvalue weighted by atomic mass is 19.4. The van der Waals surface area contributed by atoms with Gasteiger partial charge >= 0.3 is 12.1 Å². The van der Waals surface area contributed by atoms with Gasteiger partial charge in [0.25, 0.3) is 5.91 Å². The van der Waals surface area contributed by atoms with Crippen molar-refractivity contribution in [3.05, 3.63) is 29.6 Å². The number of ether oxygens (including phenoxy) is 2. The van der Waals surface area contributed by atoms with Crippen molar-refractivity contribution in [3.63, 3.8) is 0 Å². The summed E-state index contributed by atoms with van der Waals surface area (Å²) in [5.74, 6) is -9.00. The number of hydrogen-bond donors (Lipinski definition) is 2. The van der Waals surface area contributed by atoms with E-state index in [9.17, 15) is 31.9 Å². The van der Waals surface area contributed by atoms with Crippen LogP contribution < -0.4 is 10.1 Å². The normalized spacial score (nSPS) is 12.1. The molecule has 0 aliphatic heterocycles. The molecular formula is C15H15F5N4O4. The predicted octanol–water partition coefficient (Wildman–Crippen LogP) is 2.55. The number of hydrogen-bond acceptors (Lipinski definition) is 6. The van der Waals surface area contributed by atoms with Crippen LogP contribution >= 0.6 is 0 Å². The van der Waals surface area contributed by atoms with Gasteiger partial charge in [-0.15, -0.1) is 5.10 Å². The highest BCUT2D eigenvalue weighted by molar-refractivity contribution is 6.03. The molecule has 0 atom stereocenters. The zero-order valence-electron chi connectivity index (χ0n) is 14.5. The molecule has 0 spiro atoms. The van der Waals surface area contributed by atoms with E-state index in [1.165, 1.54) is 26.4 Å². The lowest BCUT2D eigenvalue weighted by molar-refractivity contribution is -0.292. The van der Waals surface area contributed by atoms with Gasteiger partial charge in [-0.3, -0.25) is 10.1 Å². The molecule has 0 saturated heterocycles. The minimum Gasteiger partial charge on any atom is -0.504 e. The van der Waals surface area contributed by atoms with Crippen molar-refractivity contribution < 1.29 is 41.3 Å². The molecule has 13 heteroatoms. The minimum atomic E-state index is -5.91. The van der Waals surface area contributed by atoms with Crippen molar-refractivity contribution in [2.24, 2.45) is 0 Å². The number of amides is 1. The average Bonchev–Trinajstić information content (AvgIpc) is 3.02. The molecule has 1 amide bonds. The van der Waals surface area contributed by atoms with Gasteiger partial charge in [-0.2, -0.15) is 26.9 Å². The van der Waals surface area contributed by atoms with Crippen molar-refractivity contribution in [2.45, 2.75) is 18.6 Å². The van der Waals surface area contributed by atoms with Crippen molar-refractivity contribution >= 4 is 11.9 Å². The maximum absolute atomic E-state index is 13.5. The molecule has 0 unspecified atom stereocenters. The van der Waals surface area contributed by atoms with Crippen molar-refractivity contribution in [1.29, 1.82) is 0 Å². The molecule has 28 heavy (non-hydrogen) atoms. The zero-order valence-corrected chi connectivity index (χ0v) is 14.5. The van der Waals surface area contributed by atoms with E-state index in [1.54, 1.807) is 0 Å². The SMILES string of the molecule is COCCn1nc(C(F)(F)C(F)(F)F)nc1NC(=O)c1ccc(OC)c(O)c1. The lowest BCUT2D eigenvalue weighted by atomic mass is 10.2. The quantitative estimate of drug-likeness (QED) is 0.681. The number of aromatic hydroxyl groups is 1. The molecule has 0 aliphatic rings. The molecule has 8 nitrogen and oxygen atoms in total. The van der Waals surface area contributed by atoms with Crippen LogP contribution in [0.15, 0.2) is 18.2 Å². The molecule has 1 heterocycles. The molecule has 154 valence electrons. The molecule has 2 rings (SSSR count). The van der Waals surface area contributed by atoms with Gasteiger partial charge in [0.1, 0.15) is 0 Å². The van der Waals surface area contributed by atoms with E-state index in [2.05, 4.69) is 15.4 Å². The van der Waals surface area contributed by atoms with Crippen LogP contribution in [0.4, 0.5) is 27.9 Å². The first-order chi connectivity index (χ1) is 13.0. The van der Waals surface area contributed by atoms with E-state index < -0.39 is 29.8 Å². The lowest BCUT2D eigenvalue weighted by Crippen LogP contribution is -2.35. The Labute approximate surface area is 154 Å². The van der Waals surface area contributed by atoms with Crippen LogP contribution in [0.1, 0.15) is 16.2 Å². The number of nitrogens with zero attached hydrogens (tertiary/aromatic N) is 3. The maximum atomic E-state index is 13.5. The highest BCUT2D eigenvalue weighted by Crippen LogP contribution is 2.42. The van der Waals surface area contributed by atoms with Gasteiger partial charge in [0.05, 0.1) is 20.3 Å². The monoisotopic (exact) mass is 410 g/mol. The fraction of sp³-hybridized carbons (Fsp3) is 0.400. The zero-order chi connectivity index (χ0) is 21.1. The van der Waals surface area contributed by atoms with E-state index >= 15 is 0 Å². The third-order valence-electron chi connectivity index (χ3n) is 3.48. The molecule has 0 bridgehead atoms. The summed E-state index contributed by atoms with van der Waals surface area (Å²) in [6.45, 7) is -0.340. The van der Waals surface area contributed by atoms with Crippen LogP contribution in [0.2, 0.25) is 0 Å². The summed E-state index contributed by atoms with van der Waals surface area (Å²) in [5.41, 5.74) is -0.122. The van der Waals surface area contributed by atoms with Gasteiger partial charge in [0, 0.05) is 12.7 Å². The third-order valence-corrected chi connectivity index (χ3v) is 3.48. The summed E-state index contributed by atoms with van der Waals surface area (Å²) in [7, 11) is 2.57. The maximum Gasteiger partial charge on any atom is 0.461 e. The number of carbonyl (C=O) groups excluding carboxylic acids is 1. The Balaban J connectivity index is 2.35. The molecule has 2 aromatic rings. The fourth-order valence-corrected chi connectivity index (χ4v) is 2.03. The Morgan fingerprint density at radius 1 is 1.25 bits per heavy atom. The van der Waals surface area contributed by atoms with Gasteiger partial charge in [0.15, 0.2) is 11.5 Å². The van der Waals surface area contributed by atoms with E-state index in [0.29, 0.717) is 4.68 Å². The summed E-state index contributed by atoms with van der Waals surface area (Å²) in [4.78, 5) is 15.4. The predicted molar refractivity (Wildman–Crippen MR) is 84.5 cm³/mol. The summed E-state index contributed by atoms with van der Waals surface area (Å²) < 4.78 is 74.9. The van der Waals surface area contributed by atoms with Crippen molar-refractivity contribution in [3.8, 4) is 11.5 Å².